The van der Waals surface area contributed by atoms with E-state index in [1.54, 1.807) is 6.92 Å². The van der Waals surface area contributed by atoms with Gasteiger partial charge in [-0.25, -0.2) is 4.79 Å². The molecule has 0 aliphatic heterocycles. The minimum absolute atomic E-state index is 0.0217. The van der Waals surface area contributed by atoms with Crippen molar-refractivity contribution >= 4 is 11.8 Å². The zero-order valence-electron chi connectivity index (χ0n) is 7.38. The van der Waals surface area contributed by atoms with Crippen LogP contribution in [-0.4, -0.2) is 23.5 Å². The Morgan fingerprint density at radius 3 is 2.17 bits per heavy atom. The number of ketones is 1. The third kappa shape index (κ3) is 2.74. The van der Waals surface area contributed by atoms with Gasteiger partial charge < -0.3 is 9.84 Å². The molecule has 68 valence electrons. The lowest BCUT2D eigenvalue weighted by Crippen LogP contribution is -2.11. The van der Waals surface area contributed by atoms with Gasteiger partial charge in [-0.1, -0.05) is 0 Å². The molecule has 1 N–H and O–H groups in total. The topological polar surface area (TPSA) is 63.6 Å². The van der Waals surface area contributed by atoms with Gasteiger partial charge in [0.1, 0.15) is 0 Å². The smallest absolute Gasteiger partial charge is 0.373 e. The maximum absolute atomic E-state index is 10.8. The molecule has 0 saturated carbocycles. The molecule has 0 bridgehead atoms. The lowest BCUT2D eigenvalue weighted by molar-refractivity contribution is -0.141. The van der Waals surface area contributed by atoms with Crippen LogP contribution in [-0.2, 0) is 14.3 Å². The number of Topliss-reactive ketones (excluding diaryl/α,β-unsaturated/α-hetero) is 1. The largest absolute Gasteiger partial charge is 0.502 e. The predicted octanol–water partition coefficient (Wildman–Crippen LogP) is 0.971. The predicted molar refractivity (Wildman–Crippen MR) is 42.6 cm³/mol. The Hall–Kier alpha value is -1.32. The standard InChI is InChI=1S/C8H12O4/c1-4-12-8(11)7(10)5(2)6(3)9/h10H,4H2,1-3H3/b7-5-. The Balaban J connectivity index is 4.55. The summed E-state index contributed by atoms with van der Waals surface area (Å²) in [7, 11) is 0. The van der Waals surface area contributed by atoms with Gasteiger partial charge in [0.05, 0.1) is 6.61 Å². The van der Waals surface area contributed by atoms with Crippen LogP contribution in [0, 0.1) is 0 Å². The lowest BCUT2D eigenvalue weighted by Gasteiger charge is -2.02. The van der Waals surface area contributed by atoms with E-state index in [1.807, 2.05) is 0 Å². The van der Waals surface area contributed by atoms with Crippen molar-refractivity contribution in [1.82, 2.24) is 0 Å². The lowest BCUT2D eigenvalue weighted by atomic mass is 10.2. The molecule has 0 aliphatic carbocycles. The molecule has 0 saturated heterocycles. The number of allylic oxidation sites excluding steroid dienone is 1. The highest BCUT2D eigenvalue weighted by Gasteiger charge is 2.14. The summed E-state index contributed by atoms with van der Waals surface area (Å²) in [6.45, 7) is 4.43. The van der Waals surface area contributed by atoms with Crippen LogP contribution in [0.1, 0.15) is 20.8 Å². The van der Waals surface area contributed by atoms with Gasteiger partial charge in [-0.2, -0.15) is 0 Å². The number of aliphatic hydroxyl groups excluding tert-OH is 1. The summed E-state index contributed by atoms with van der Waals surface area (Å²) < 4.78 is 4.48. The van der Waals surface area contributed by atoms with Crippen molar-refractivity contribution in [2.45, 2.75) is 20.8 Å². The first-order valence-corrected chi connectivity index (χ1v) is 3.58. The van der Waals surface area contributed by atoms with E-state index in [9.17, 15) is 9.59 Å². The summed E-state index contributed by atoms with van der Waals surface area (Å²) in [5, 5.41) is 9.07. The van der Waals surface area contributed by atoms with Crippen molar-refractivity contribution in [2.24, 2.45) is 0 Å². The Morgan fingerprint density at radius 2 is 1.83 bits per heavy atom. The second kappa shape index (κ2) is 4.54. The first kappa shape index (κ1) is 10.7. The molecule has 0 heterocycles. The van der Waals surface area contributed by atoms with Crippen LogP contribution in [0.3, 0.4) is 0 Å². The fraction of sp³-hybridized carbons (Fsp3) is 0.500. The first-order chi connectivity index (χ1) is 5.50. The van der Waals surface area contributed by atoms with E-state index in [0.29, 0.717) is 0 Å². The van der Waals surface area contributed by atoms with E-state index in [1.165, 1.54) is 13.8 Å². The van der Waals surface area contributed by atoms with E-state index in [4.69, 9.17) is 5.11 Å². The van der Waals surface area contributed by atoms with Crippen LogP contribution in [0.25, 0.3) is 0 Å². The molecule has 4 heteroatoms. The minimum Gasteiger partial charge on any atom is -0.502 e. The Kier molecular flexibility index (Phi) is 4.04. The van der Waals surface area contributed by atoms with Crippen LogP contribution in [0.15, 0.2) is 11.3 Å². The molecule has 0 unspecified atom stereocenters. The molecular formula is C8H12O4. The summed E-state index contributed by atoms with van der Waals surface area (Å²) in [5.74, 6) is -1.81. The molecule has 12 heavy (non-hydrogen) atoms. The van der Waals surface area contributed by atoms with E-state index in [0.717, 1.165) is 0 Å². The van der Waals surface area contributed by atoms with Gasteiger partial charge in [-0.3, -0.25) is 4.79 Å². The summed E-state index contributed by atoms with van der Waals surface area (Å²) in [6, 6.07) is 0. The monoisotopic (exact) mass is 172 g/mol. The van der Waals surface area contributed by atoms with Crippen molar-refractivity contribution in [3.63, 3.8) is 0 Å². The van der Waals surface area contributed by atoms with Gasteiger partial charge in [-0.15, -0.1) is 0 Å². The SMILES string of the molecule is CCOC(=O)/C(O)=C(\C)C(C)=O. The molecule has 0 aromatic carbocycles. The van der Waals surface area contributed by atoms with Crippen molar-refractivity contribution in [3.05, 3.63) is 11.3 Å². The molecule has 0 aromatic rings. The molecule has 4 nitrogen and oxygen atoms in total. The summed E-state index contributed by atoms with van der Waals surface area (Å²) in [4.78, 5) is 21.5. The average Bonchev–Trinajstić information content (AvgIpc) is 2.02. The Labute approximate surface area is 70.8 Å². The van der Waals surface area contributed by atoms with E-state index in [2.05, 4.69) is 4.74 Å². The quantitative estimate of drug-likeness (QED) is 0.391. The van der Waals surface area contributed by atoms with E-state index in [-0.39, 0.29) is 18.0 Å². The Morgan fingerprint density at radius 1 is 1.33 bits per heavy atom. The fourth-order valence-electron chi connectivity index (χ4n) is 0.519. The van der Waals surface area contributed by atoms with Crippen molar-refractivity contribution in [1.29, 1.82) is 0 Å². The van der Waals surface area contributed by atoms with Crippen molar-refractivity contribution in [3.8, 4) is 0 Å². The van der Waals surface area contributed by atoms with Crippen LogP contribution in [0.4, 0.5) is 0 Å². The van der Waals surface area contributed by atoms with Gasteiger partial charge in [-0.05, 0) is 20.8 Å². The second-order valence-electron chi connectivity index (χ2n) is 2.25. The number of hydrogen-bond donors (Lipinski definition) is 1. The number of hydrogen-bond acceptors (Lipinski definition) is 4. The maximum Gasteiger partial charge on any atom is 0.373 e. The number of carbonyl (C=O) groups excluding carboxylic acids is 2. The van der Waals surface area contributed by atoms with Gasteiger partial charge in [0.2, 0.25) is 5.76 Å². The maximum atomic E-state index is 10.8. The molecular weight excluding hydrogens is 160 g/mol. The molecule has 0 fully saturated rings. The second-order valence-corrected chi connectivity index (χ2v) is 2.25. The van der Waals surface area contributed by atoms with Crippen LogP contribution in [0.2, 0.25) is 0 Å². The Bertz CT molecular complexity index is 227. The van der Waals surface area contributed by atoms with Crippen LogP contribution >= 0.6 is 0 Å². The normalized spacial score (nSPS) is 11.9. The van der Waals surface area contributed by atoms with Crippen molar-refractivity contribution in [2.75, 3.05) is 6.61 Å². The molecule has 0 aromatic heterocycles. The first-order valence-electron chi connectivity index (χ1n) is 3.58. The number of aliphatic hydroxyl groups is 1. The third-order valence-electron chi connectivity index (χ3n) is 1.35. The molecule has 0 spiro atoms. The number of rotatable bonds is 3. The minimum atomic E-state index is -0.856. The number of carbonyl (C=O) groups is 2. The molecule has 0 amide bonds. The van der Waals surface area contributed by atoms with Crippen LogP contribution in [0.5, 0.6) is 0 Å². The summed E-state index contributed by atoms with van der Waals surface area (Å²) in [6.07, 6.45) is 0. The van der Waals surface area contributed by atoms with Gasteiger partial charge in [0.25, 0.3) is 0 Å². The molecule has 0 atom stereocenters. The zero-order valence-corrected chi connectivity index (χ0v) is 7.38. The van der Waals surface area contributed by atoms with E-state index < -0.39 is 11.7 Å². The average molecular weight is 172 g/mol. The highest BCUT2D eigenvalue weighted by Crippen LogP contribution is 2.03. The fourth-order valence-corrected chi connectivity index (χ4v) is 0.519. The van der Waals surface area contributed by atoms with Crippen molar-refractivity contribution < 1.29 is 19.4 Å². The van der Waals surface area contributed by atoms with Gasteiger partial charge in [0.15, 0.2) is 5.78 Å². The summed E-state index contributed by atoms with van der Waals surface area (Å²) >= 11 is 0. The van der Waals surface area contributed by atoms with Crippen LogP contribution < -0.4 is 0 Å². The van der Waals surface area contributed by atoms with Gasteiger partial charge in [0, 0.05) is 5.57 Å². The number of ether oxygens (including phenoxy) is 1. The summed E-state index contributed by atoms with van der Waals surface area (Å²) in [5.41, 5.74) is 0.0217. The zero-order chi connectivity index (χ0) is 9.72. The number of esters is 1. The third-order valence-corrected chi connectivity index (χ3v) is 1.35. The highest BCUT2D eigenvalue weighted by atomic mass is 16.5. The highest BCUT2D eigenvalue weighted by molar-refractivity contribution is 6.00. The van der Waals surface area contributed by atoms with Gasteiger partial charge >= 0.3 is 5.97 Å². The molecule has 0 aliphatic rings. The molecule has 0 rings (SSSR count). The van der Waals surface area contributed by atoms with E-state index >= 15 is 0 Å². The molecule has 0 radical (unpaired) electrons.